The van der Waals surface area contributed by atoms with E-state index >= 15 is 0 Å². The van der Waals surface area contributed by atoms with E-state index in [1.807, 2.05) is 5.92 Å². The number of terminal acetylenes is 2. The molecule has 2 heteroatoms. The third kappa shape index (κ3) is 6.48. The first-order valence-electron chi connectivity index (χ1n) is 3.49. The molecular formula is C9H11NO. The molecular weight excluding hydrogens is 138 g/mol. The van der Waals surface area contributed by atoms with E-state index in [0.717, 1.165) is 19.3 Å². The summed E-state index contributed by atoms with van der Waals surface area (Å²) in [4.78, 5) is 10.5. The molecule has 0 aliphatic carbocycles. The Morgan fingerprint density at radius 1 is 1.36 bits per heavy atom. The molecule has 1 amide bonds. The van der Waals surface area contributed by atoms with Crippen LogP contribution in [0, 0.1) is 24.7 Å². The van der Waals surface area contributed by atoms with Crippen LogP contribution >= 0.6 is 0 Å². The lowest BCUT2D eigenvalue weighted by Gasteiger charge is -1.97. The monoisotopic (exact) mass is 149 g/mol. The maximum absolute atomic E-state index is 10.5. The Morgan fingerprint density at radius 3 is 2.64 bits per heavy atom. The summed E-state index contributed by atoms with van der Waals surface area (Å²) in [6.07, 6.45) is 12.4. The Labute approximate surface area is 67.4 Å². The highest BCUT2D eigenvalue weighted by molar-refractivity contribution is 5.92. The van der Waals surface area contributed by atoms with Gasteiger partial charge in [0.2, 0.25) is 0 Å². The Bertz CT molecular complexity index is 195. The molecule has 0 rings (SSSR count). The number of hydrogen-bond acceptors (Lipinski definition) is 1. The van der Waals surface area contributed by atoms with Crippen LogP contribution in [0.1, 0.15) is 19.3 Å². The van der Waals surface area contributed by atoms with Crippen LogP contribution in [0.25, 0.3) is 0 Å². The van der Waals surface area contributed by atoms with Gasteiger partial charge in [-0.3, -0.25) is 4.79 Å². The predicted molar refractivity (Wildman–Crippen MR) is 44.5 cm³/mol. The molecule has 1 N–H and O–H groups in total. The van der Waals surface area contributed by atoms with Gasteiger partial charge in [-0.05, 0) is 18.8 Å². The van der Waals surface area contributed by atoms with Crippen LogP contribution in [-0.2, 0) is 4.79 Å². The van der Waals surface area contributed by atoms with Crippen LogP contribution < -0.4 is 5.32 Å². The van der Waals surface area contributed by atoms with Gasteiger partial charge < -0.3 is 5.32 Å². The van der Waals surface area contributed by atoms with E-state index in [9.17, 15) is 4.79 Å². The Morgan fingerprint density at radius 2 is 2.09 bits per heavy atom. The van der Waals surface area contributed by atoms with E-state index in [-0.39, 0.29) is 5.91 Å². The summed E-state index contributed by atoms with van der Waals surface area (Å²) < 4.78 is 0. The molecule has 0 saturated carbocycles. The van der Waals surface area contributed by atoms with Crippen molar-refractivity contribution in [1.29, 1.82) is 0 Å². The second kappa shape index (κ2) is 6.71. The lowest BCUT2D eigenvalue weighted by Crippen LogP contribution is -2.22. The molecule has 58 valence electrons. The van der Waals surface area contributed by atoms with Gasteiger partial charge in [-0.15, -0.1) is 18.8 Å². The molecule has 0 aromatic heterocycles. The quantitative estimate of drug-likeness (QED) is 0.458. The van der Waals surface area contributed by atoms with Crippen LogP contribution in [0.15, 0.2) is 0 Å². The van der Waals surface area contributed by atoms with Crippen LogP contribution in [0.2, 0.25) is 0 Å². The van der Waals surface area contributed by atoms with Gasteiger partial charge in [-0.25, -0.2) is 0 Å². The summed E-state index contributed by atoms with van der Waals surface area (Å²) in [5.74, 6) is 4.13. The number of unbranched alkanes of at least 4 members (excludes halogenated alkanes) is 2. The third-order valence-electron chi connectivity index (χ3n) is 1.16. The number of hydrogen-bond donors (Lipinski definition) is 1. The SMILES string of the molecule is C#CCCCCNC(=O)C#C. The van der Waals surface area contributed by atoms with Crippen molar-refractivity contribution < 1.29 is 4.79 Å². The van der Waals surface area contributed by atoms with Crippen molar-refractivity contribution in [2.24, 2.45) is 0 Å². The van der Waals surface area contributed by atoms with Gasteiger partial charge in [0.1, 0.15) is 0 Å². The zero-order chi connectivity index (χ0) is 8.53. The molecule has 0 bridgehead atoms. The summed E-state index contributed by atoms with van der Waals surface area (Å²) in [5, 5.41) is 2.55. The molecule has 0 aliphatic rings. The highest BCUT2D eigenvalue weighted by Gasteiger charge is 1.91. The van der Waals surface area contributed by atoms with Crippen molar-refractivity contribution in [1.82, 2.24) is 5.32 Å². The van der Waals surface area contributed by atoms with Crippen LogP contribution in [-0.4, -0.2) is 12.5 Å². The maximum Gasteiger partial charge on any atom is 0.295 e. The first-order chi connectivity index (χ1) is 5.31. The van der Waals surface area contributed by atoms with Crippen LogP contribution in [0.4, 0.5) is 0 Å². The lowest BCUT2D eigenvalue weighted by molar-refractivity contribution is -0.115. The van der Waals surface area contributed by atoms with Crippen molar-refractivity contribution >= 4 is 5.91 Å². The van der Waals surface area contributed by atoms with Gasteiger partial charge in [0, 0.05) is 13.0 Å². The second-order valence-corrected chi connectivity index (χ2v) is 2.06. The van der Waals surface area contributed by atoms with Crippen molar-refractivity contribution in [3.05, 3.63) is 0 Å². The van der Waals surface area contributed by atoms with Gasteiger partial charge >= 0.3 is 0 Å². The van der Waals surface area contributed by atoms with Gasteiger partial charge in [-0.1, -0.05) is 0 Å². The minimum Gasteiger partial charge on any atom is -0.345 e. The average Bonchev–Trinajstić information content (AvgIpc) is 2.04. The van der Waals surface area contributed by atoms with Crippen molar-refractivity contribution in [3.63, 3.8) is 0 Å². The van der Waals surface area contributed by atoms with Gasteiger partial charge in [-0.2, -0.15) is 0 Å². The predicted octanol–water partition coefficient (Wildman–Crippen LogP) is 0.539. The standard InChI is InChI=1S/C9H11NO/c1-3-5-6-7-8-10-9(11)4-2/h1-2H,5-8H2,(H,10,11). The molecule has 0 atom stereocenters. The molecule has 0 fully saturated rings. The Balaban J connectivity index is 3.11. The van der Waals surface area contributed by atoms with E-state index in [0.29, 0.717) is 6.54 Å². The fraction of sp³-hybridized carbons (Fsp3) is 0.444. The van der Waals surface area contributed by atoms with Crippen molar-refractivity contribution in [2.45, 2.75) is 19.3 Å². The molecule has 0 aromatic rings. The highest BCUT2D eigenvalue weighted by atomic mass is 16.1. The van der Waals surface area contributed by atoms with E-state index < -0.39 is 0 Å². The van der Waals surface area contributed by atoms with E-state index in [4.69, 9.17) is 12.8 Å². The smallest absolute Gasteiger partial charge is 0.295 e. The number of carbonyl (C=O) groups excluding carboxylic acids is 1. The molecule has 0 radical (unpaired) electrons. The first kappa shape index (κ1) is 9.59. The van der Waals surface area contributed by atoms with Gasteiger partial charge in [0.15, 0.2) is 0 Å². The normalized spacial score (nSPS) is 7.82. The summed E-state index contributed by atoms with van der Waals surface area (Å²) in [5.41, 5.74) is 0. The molecule has 0 heterocycles. The summed E-state index contributed by atoms with van der Waals surface area (Å²) in [7, 11) is 0. The minimum absolute atomic E-state index is 0.356. The number of nitrogens with one attached hydrogen (secondary N) is 1. The zero-order valence-electron chi connectivity index (χ0n) is 6.39. The lowest BCUT2D eigenvalue weighted by atomic mass is 10.2. The zero-order valence-corrected chi connectivity index (χ0v) is 6.39. The topological polar surface area (TPSA) is 29.1 Å². The minimum atomic E-state index is -0.356. The molecule has 0 spiro atoms. The van der Waals surface area contributed by atoms with Crippen LogP contribution in [0.3, 0.4) is 0 Å². The number of rotatable bonds is 4. The molecule has 11 heavy (non-hydrogen) atoms. The Kier molecular flexibility index (Phi) is 5.85. The average molecular weight is 149 g/mol. The number of carbonyl (C=O) groups is 1. The highest BCUT2D eigenvalue weighted by Crippen LogP contribution is 1.90. The van der Waals surface area contributed by atoms with Gasteiger partial charge in [0.05, 0.1) is 0 Å². The molecule has 2 nitrogen and oxygen atoms in total. The Hall–Kier alpha value is -1.41. The van der Waals surface area contributed by atoms with E-state index in [2.05, 4.69) is 11.2 Å². The van der Waals surface area contributed by atoms with E-state index in [1.54, 1.807) is 0 Å². The van der Waals surface area contributed by atoms with Gasteiger partial charge in [0.25, 0.3) is 5.91 Å². The maximum atomic E-state index is 10.5. The molecule has 0 aromatic carbocycles. The molecule has 0 aliphatic heterocycles. The van der Waals surface area contributed by atoms with Crippen molar-refractivity contribution in [3.8, 4) is 24.7 Å². The fourth-order valence-electron chi connectivity index (χ4n) is 0.605. The van der Waals surface area contributed by atoms with Crippen molar-refractivity contribution in [2.75, 3.05) is 6.54 Å². The summed E-state index contributed by atoms with van der Waals surface area (Å²) in [6.45, 7) is 0.616. The second-order valence-electron chi connectivity index (χ2n) is 2.06. The van der Waals surface area contributed by atoms with Crippen LogP contribution in [0.5, 0.6) is 0 Å². The first-order valence-corrected chi connectivity index (χ1v) is 3.49. The molecule has 0 saturated heterocycles. The fourth-order valence-corrected chi connectivity index (χ4v) is 0.605. The molecule has 0 unspecified atom stereocenters. The summed E-state index contributed by atoms with van der Waals surface area (Å²) in [6, 6.07) is 0. The third-order valence-corrected chi connectivity index (χ3v) is 1.16. The number of amides is 1. The van der Waals surface area contributed by atoms with E-state index in [1.165, 1.54) is 0 Å². The summed E-state index contributed by atoms with van der Waals surface area (Å²) >= 11 is 0. The largest absolute Gasteiger partial charge is 0.345 e.